The van der Waals surface area contributed by atoms with Crippen LogP contribution in [0.25, 0.3) is 0 Å². The quantitative estimate of drug-likeness (QED) is 0.879. The second kappa shape index (κ2) is 5.36. The van der Waals surface area contributed by atoms with E-state index in [0.29, 0.717) is 5.56 Å². The Morgan fingerprint density at radius 2 is 1.61 bits per heavy atom. The number of anilines is 1. The Bertz CT molecular complexity index is 573. The summed E-state index contributed by atoms with van der Waals surface area (Å²) in [6.45, 7) is 3.98. The molecule has 2 aromatic carbocycles. The highest BCUT2D eigenvalue weighted by Gasteiger charge is 2.11. The molecule has 2 aromatic rings. The molecule has 0 aliphatic rings. The number of benzene rings is 2. The molecular weight excluding hydrogens is 290 g/mol. The van der Waals surface area contributed by atoms with Crippen LogP contribution in [0.1, 0.15) is 21.5 Å². The van der Waals surface area contributed by atoms with Crippen molar-refractivity contribution >= 4 is 27.5 Å². The number of hydrogen-bond donors (Lipinski definition) is 1. The number of carbonyl (C=O) groups is 1. The fraction of sp³-hybridized carbons (Fsp3) is 0.133. The lowest BCUT2D eigenvalue weighted by Gasteiger charge is -2.12. The first-order chi connectivity index (χ1) is 8.59. The van der Waals surface area contributed by atoms with Crippen molar-refractivity contribution in [2.45, 2.75) is 13.8 Å². The third-order valence-electron chi connectivity index (χ3n) is 2.84. The van der Waals surface area contributed by atoms with Gasteiger partial charge in [-0.2, -0.15) is 0 Å². The molecule has 18 heavy (non-hydrogen) atoms. The molecule has 0 aliphatic heterocycles. The highest BCUT2D eigenvalue weighted by molar-refractivity contribution is 9.10. The van der Waals surface area contributed by atoms with Gasteiger partial charge in [-0.05, 0) is 53.0 Å². The summed E-state index contributed by atoms with van der Waals surface area (Å²) < 4.78 is 0.800. The Balaban J connectivity index is 2.30. The van der Waals surface area contributed by atoms with E-state index in [4.69, 9.17) is 0 Å². The summed E-state index contributed by atoms with van der Waals surface area (Å²) in [5, 5.41) is 2.97. The molecule has 0 radical (unpaired) electrons. The molecule has 0 saturated carbocycles. The largest absolute Gasteiger partial charge is 0.321 e. The van der Waals surface area contributed by atoms with Crippen molar-refractivity contribution in [1.82, 2.24) is 0 Å². The Morgan fingerprint density at radius 1 is 1.00 bits per heavy atom. The Morgan fingerprint density at radius 3 is 2.22 bits per heavy atom. The zero-order chi connectivity index (χ0) is 13.1. The van der Waals surface area contributed by atoms with Gasteiger partial charge in [-0.3, -0.25) is 4.79 Å². The third kappa shape index (κ3) is 2.62. The normalized spacial score (nSPS) is 10.2. The molecule has 0 atom stereocenters. The fourth-order valence-electron chi connectivity index (χ4n) is 1.84. The molecule has 0 aliphatic carbocycles. The van der Waals surface area contributed by atoms with Crippen LogP contribution in [0.3, 0.4) is 0 Å². The SMILES string of the molecule is Cc1cccc(C)c1NC(=O)c1ccccc1Br. The smallest absolute Gasteiger partial charge is 0.256 e. The number of amides is 1. The van der Waals surface area contributed by atoms with E-state index < -0.39 is 0 Å². The van der Waals surface area contributed by atoms with E-state index in [-0.39, 0.29) is 5.91 Å². The molecule has 0 heterocycles. The number of para-hydroxylation sites is 1. The minimum atomic E-state index is -0.0973. The molecule has 2 rings (SSSR count). The summed E-state index contributed by atoms with van der Waals surface area (Å²) in [6, 6.07) is 13.4. The topological polar surface area (TPSA) is 29.1 Å². The van der Waals surface area contributed by atoms with Crippen molar-refractivity contribution in [1.29, 1.82) is 0 Å². The van der Waals surface area contributed by atoms with Crippen molar-refractivity contribution in [3.8, 4) is 0 Å². The van der Waals surface area contributed by atoms with Gasteiger partial charge in [-0.1, -0.05) is 30.3 Å². The van der Waals surface area contributed by atoms with E-state index in [2.05, 4.69) is 21.2 Å². The number of hydrogen-bond acceptors (Lipinski definition) is 1. The maximum atomic E-state index is 12.2. The van der Waals surface area contributed by atoms with Crippen LogP contribution in [0.2, 0.25) is 0 Å². The van der Waals surface area contributed by atoms with Gasteiger partial charge < -0.3 is 5.32 Å². The standard InChI is InChI=1S/C15H14BrNO/c1-10-6-5-7-11(2)14(10)17-15(18)12-8-3-4-9-13(12)16/h3-9H,1-2H3,(H,17,18). The Kier molecular flexibility index (Phi) is 3.82. The van der Waals surface area contributed by atoms with Crippen LogP contribution in [0.4, 0.5) is 5.69 Å². The highest BCUT2D eigenvalue weighted by atomic mass is 79.9. The van der Waals surface area contributed by atoms with Gasteiger partial charge in [0.1, 0.15) is 0 Å². The predicted molar refractivity (Wildman–Crippen MR) is 78.0 cm³/mol. The number of nitrogens with one attached hydrogen (secondary N) is 1. The number of carbonyl (C=O) groups excluding carboxylic acids is 1. The number of aryl methyl sites for hydroxylation is 2. The molecule has 2 nitrogen and oxygen atoms in total. The maximum Gasteiger partial charge on any atom is 0.256 e. The second-order valence-electron chi connectivity index (χ2n) is 4.20. The molecule has 0 fully saturated rings. The van der Waals surface area contributed by atoms with E-state index in [1.807, 2.05) is 50.2 Å². The molecule has 0 spiro atoms. The first kappa shape index (κ1) is 12.8. The third-order valence-corrected chi connectivity index (χ3v) is 3.53. The molecule has 3 heteroatoms. The van der Waals surface area contributed by atoms with Gasteiger partial charge in [0.2, 0.25) is 0 Å². The van der Waals surface area contributed by atoms with E-state index in [9.17, 15) is 4.79 Å². The molecular formula is C15H14BrNO. The van der Waals surface area contributed by atoms with E-state index >= 15 is 0 Å². The van der Waals surface area contributed by atoms with Crippen molar-refractivity contribution in [3.05, 3.63) is 63.6 Å². The highest BCUT2D eigenvalue weighted by Crippen LogP contribution is 2.22. The molecule has 92 valence electrons. The number of rotatable bonds is 2. The molecule has 0 bridgehead atoms. The lowest BCUT2D eigenvalue weighted by atomic mass is 10.1. The van der Waals surface area contributed by atoms with Gasteiger partial charge in [-0.15, -0.1) is 0 Å². The van der Waals surface area contributed by atoms with Crippen LogP contribution < -0.4 is 5.32 Å². The summed E-state index contributed by atoms with van der Waals surface area (Å²) in [4.78, 5) is 12.2. The van der Waals surface area contributed by atoms with Gasteiger partial charge in [-0.25, -0.2) is 0 Å². The molecule has 0 saturated heterocycles. The van der Waals surface area contributed by atoms with Crippen LogP contribution in [0.5, 0.6) is 0 Å². The van der Waals surface area contributed by atoms with Gasteiger partial charge in [0.05, 0.1) is 5.56 Å². The van der Waals surface area contributed by atoms with E-state index in [1.54, 1.807) is 6.07 Å². The second-order valence-corrected chi connectivity index (χ2v) is 5.06. The van der Waals surface area contributed by atoms with Crippen molar-refractivity contribution < 1.29 is 4.79 Å². The van der Waals surface area contributed by atoms with Crippen LogP contribution in [-0.4, -0.2) is 5.91 Å². The zero-order valence-corrected chi connectivity index (χ0v) is 11.9. The zero-order valence-electron chi connectivity index (χ0n) is 10.3. The monoisotopic (exact) mass is 303 g/mol. The molecule has 1 N–H and O–H groups in total. The molecule has 0 unspecified atom stereocenters. The van der Waals surface area contributed by atoms with E-state index in [1.165, 1.54) is 0 Å². The average Bonchev–Trinajstić information content (AvgIpc) is 2.34. The van der Waals surface area contributed by atoms with Crippen molar-refractivity contribution in [2.24, 2.45) is 0 Å². The minimum absolute atomic E-state index is 0.0973. The number of halogens is 1. The summed E-state index contributed by atoms with van der Waals surface area (Å²) in [5.74, 6) is -0.0973. The van der Waals surface area contributed by atoms with E-state index in [0.717, 1.165) is 21.3 Å². The lowest BCUT2D eigenvalue weighted by molar-refractivity contribution is 0.102. The summed E-state index contributed by atoms with van der Waals surface area (Å²) >= 11 is 3.39. The van der Waals surface area contributed by atoms with Gasteiger partial charge in [0.15, 0.2) is 0 Å². The predicted octanol–water partition coefficient (Wildman–Crippen LogP) is 4.32. The first-order valence-electron chi connectivity index (χ1n) is 5.71. The van der Waals surface area contributed by atoms with Gasteiger partial charge >= 0.3 is 0 Å². The van der Waals surface area contributed by atoms with Crippen LogP contribution in [0.15, 0.2) is 46.9 Å². The fourth-order valence-corrected chi connectivity index (χ4v) is 2.30. The van der Waals surface area contributed by atoms with Crippen LogP contribution in [-0.2, 0) is 0 Å². The van der Waals surface area contributed by atoms with Crippen molar-refractivity contribution in [3.63, 3.8) is 0 Å². The summed E-state index contributed by atoms with van der Waals surface area (Å²) in [6.07, 6.45) is 0. The molecule has 0 aromatic heterocycles. The first-order valence-corrected chi connectivity index (χ1v) is 6.51. The van der Waals surface area contributed by atoms with Crippen LogP contribution in [0, 0.1) is 13.8 Å². The minimum Gasteiger partial charge on any atom is -0.321 e. The maximum absolute atomic E-state index is 12.2. The van der Waals surface area contributed by atoms with Gasteiger partial charge in [0.25, 0.3) is 5.91 Å². The molecule has 1 amide bonds. The summed E-state index contributed by atoms with van der Waals surface area (Å²) in [5.41, 5.74) is 3.66. The van der Waals surface area contributed by atoms with Crippen LogP contribution >= 0.6 is 15.9 Å². The Hall–Kier alpha value is -1.61. The average molecular weight is 304 g/mol. The van der Waals surface area contributed by atoms with Crippen molar-refractivity contribution in [2.75, 3.05) is 5.32 Å². The van der Waals surface area contributed by atoms with Gasteiger partial charge in [0, 0.05) is 10.2 Å². The Labute approximate surface area is 115 Å². The summed E-state index contributed by atoms with van der Waals surface area (Å²) in [7, 11) is 0. The lowest BCUT2D eigenvalue weighted by Crippen LogP contribution is -2.14.